The van der Waals surface area contributed by atoms with E-state index < -0.39 is 0 Å². The minimum absolute atomic E-state index is 0.0347. The molecule has 234 valence electrons. The minimum Gasteiger partial charge on any atom is -0.458 e. The van der Waals surface area contributed by atoms with Gasteiger partial charge in [0.2, 0.25) is 0 Å². The van der Waals surface area contributed by atoms with Crippen LogP contribution in [0.15, 0.2) is 66.2 Å². The minimum atomic E-state index is -0.158. The summed E-state index contributed by atoms with van der Waals surface area (Å²) >= 11 is 0. The standard InChI is InChI=1S/C42H54O2/c1-27(2)11-10-12-28(3)36-19-20-37-35-18-17-31-26-32(21-23-41(31,4)38(35)22-24-42(36,37)5)44-40(43)39-33-15-8-6-13-29(33)25-30-14-7-9-16-34(30)39/h6-9,13-17,25,27-28,32,35-38H,10-12,18-24,26H2,1-5H3/t28-,32?,35+,36-,37+,38+,41+,42-/m1/s1. The molecule has 4 aliphatic rings. The number of hydrogen-bond acceptors (Lipinski definition) is 2. The second-order valence-electron chi connectivity index (χ2n) is 16.3. The van der Waals surface area contributed by atoms with Crippen molar-refractivity contribution in [2.45, 2.75) is 111 Å². The average Bonchev–Trinajstić information content (AvgIpc) is 3.37. The van der Waals surface area contributed by atoms with Crippen LogP contribution in [0.3, 0.4) is 0 Å². The summed E-state index contributed by atoms with van der Waals surface area (Å²) in [6.07, 6.45) is 16.7. The molecule has 44 heavy (non-hydrogen) atoms. The van der Waals surface area contributed by atoms with Crippen molar-refractivity contribution >= 4 is 27.5 Å². The van der Waals surface area contributed by atoms with Gasteiger partial charge in [-0.1, -0.05) is 114 Å². The Labute approximate surface area is 266 Å². The SMILES string of the molecule is CC(C)CCC[C@@H](C)[C@H]1CC[C@H]2[C@@H]3CC=C4CC(OC(=O)c5c6ccccc6cc6ccccc56)CC[C@]4(C)[C@H]3CC[C@]12C. The highest BCUT2D eigenvalue weighted by molar-refractivity contribution is 6.16. The molecule has 0 spiro atoms. The second kappa shape index (κ2) is 11.6. The van der Waals surface area contributed by atoms with Crippen LogP contribution in [-0.2, 0) is 4.74 Å². The molecule has 0 heterocycles. The van der Waals surface area contributed by atoms with Gasteiger partial charge in [0.25, 0.3) is 0 Å². The molecular formula is C42H54O2. The number of fused-ring (bicyclic) bond motifs is 7. The van der Waals surface area contributed by atoms with Crippen LogP contribution < -0.4 is 0 Å². The summed E-state index contributed by atoms with van der Waals surface area (Å²) < 4.78 is 6.42. The van der Waals surface area contributed by atoms with Crippen LogP contribution in [0.5, 0.6) is 0 Å². The monoisotopic (exact) mass is 590 g/mol. The summed E-state index contributed by atoms with van der Waals surface area (Å²) in [5, 5.41) is 4.18. The maximum Gasteiger partial charge on any atom is 0.339 e. The van der Waals surface area contributed by atoms with E-state index in [2.05, 4.69) is 71.0 Å². The van der Waals surface area contributed by atoms with Crippen molar-refractivity contribution < 1.29 is 9.53 Å². The summed E-state index contributed by atoms with van der Waals surface area (Å²) in [4.78, 5) is 13.9. The van der Waals surface area contributed by atoms with Crippen LogP contribution in [-0.4, -0.2) is 12.1 Å². The molecule has 4 aliphatic carbocycles. The first-order valence-electron chi connectivity index (χ1n) is 18.0. The van der Waals surface area contributed by atoms with Crippen molar-refractivity contribution in [2.75, 3.05) is 0 Å². The molecule has 7 rings (SSSR count). The van der Waals surface area contributed by atoms with Crippen LogP contribution in [0.1, 0.15) is 116 Å². The lowest BCUT2D eigenvalue weighted by Crippen LogP contribution is -2.51. The van der Waals surface area contributed by atoms with E-state index in [0.717, 1.165) is 81.9 Å². The summed E-state index contributed by atoms with van der Waals surface area (Å²) in [6.45, 7) is 12.6. The van der Waals surface area contributed by atoms with Gasteiger partial charge in [-0.15, -0.1) is 0 Å². The number of hydrogen-bond donors (Lipinski definition) is 0. The molecule has 3 aromatic carbocycles. The van der Waals surface area contributed by atoms with E-state index in [9.17, 15) is 4.79 Å². The second-order valence-corrected chi connectivity index (χ2v) is 16.3. The maximum absolute atomic E-state index is 13.9. The number of benzene rings is 3. The lowest BCUT2D eigenvalue weighted by atomic mass is 9.47. The Morgan fingerprint density at radius 1 is 0.864 bits per heavy atom. The van der Waals surface area contributed by atoms with Crippen LogP contribution in [0.4, 0.5) is 0 Å². The van der Waals surface area contributed by atoms with Gasteiger partial charge < -0.3 is 4.74 Å². The van der Waals surface area contributed by atoms with Gasteiger partial charge in [0.1, 0.15) is 6.10 Å². The first-order chi connectivity index (χ1) is 21.2. The van der Waals surface area contributed by atoms with Crippen molar-refractivity contribution in [1.82, 2.24) is 0 Å². The van der Waals surface area contributed by atoms with E-state index in [1.807, 2.05) is 24.3 Å². The highest BCUT2D eigenvalue weighted by Crippen LogP contribution is 2.67. The fourth-order valence-corrected chi connectivity index (χ4v) is 11.2. The predicted octanol–water partition coefficient (Wildman–Crippen LogP) is 11.6. The predicted molar refractivity (Wildman–Crippen MR) is 184 cm³/mol. The molecule has 2 nitrogen and oxygen atoms in total. The van der Waals surface area contributed by atoms with Crippen LogP contribution in [0, 0.1) is 46.3 Å². The van der Waals surface area contributed by atoms with Crippen LogP contribution in [0.25, 0.3) is 21.5 Å². The molecule has 8 atom stereocenters. The average molecular weight is 591 g/mol. The van der Waals surface area contributed by atoms with E-state index in [0.29, 0.717) is 5.41 Å². The van der Waals surface area contributed by atoms with Gasteiger partial charge in [-0.25, -0.2) is 4.79 Å². The zero-order valence-electron chi connectivity index (χ0n) is 27.9. The molecule has 0 aromatic heterocycles. The normalized spacial score (nSPS) is 33.9. The Kier molecular flexibility index (Phi) is 7.95. The van der Waals surface area contributed by atoms with Gasteiger partial charge in [-0.3, -0.25) is 0 Å². The number of esters is 1. The van der Waals surface area contributed by atoms with E-state index in [1.54, 1.807) is 5.57 Å². The van der Waals surface area contributed by atoms with Gasteiger partial charge in [0, 0.05) is 6.42 Å². The zero-order chi connectivity index (χ0) is 30.6. The molecule has 0 bridgehead atoms. The summed E-state index contributed by atoms with van der Waals surface area (Å²) in [7, 11) is 0. The molecule has 3 fully saturated rings. The Balaban J connectivity index is 1.07. The van der Waals surface area contributed by atoms with Crippen molar-refractivity contribution in [3.63, 3.8) is 0 Å². The van der Waals surface area contributed by atoms with E-state index in [-0.39, 0.29) is 17.5 Å². The van der Waals surface area contributed by atoms with Crippen molar-refractivity contribution in [3.8, 4) is 0 Å². The maximum atomic E-state index is 13.9. The third kappa shape index (κ3) is 5.03. The molecule has 0 amide bonds. The number of carbonyl (C=O) groups excluding carboxylic acids is 1. The van der Waals surface area contributed by atoms with Gasteiger partial charge in [-0.2, -0.15) is 0 Å². The molecule has 3 aromatic rings. The van der Waals surface area contributed by atoms with Gasteiger partial charge in [0.05, 0.1) is 5.56 Å². The summed E-state index contributed by atoms with van der Waals surface area (Å²) in [5.74, 6) is 4.92. The molecule has 0 N–H and O–H groups in total. The molecular weight excluding hydrogens is 536 g/mol. The van der Waals surface area contributed by atoms with E-state index in [4.69, 9.17) is 4.74 Å². The largest absolute Gasteiger partial charge is 0.458 e. The highest BCUT2D eigenvalue weighted by atomic mass is 16.5. The Bertz CT molecular complexity index is 1510. The van der Waals surface area contributed by atoms with Gasteiger partial charge in [0.15, 0.2) is 0 Å². The van der Waals surface area contributed by atoms with Gasteiger partial charge in [-0.05, 0) is 119 Å². The third-order valence-corrected chi connectivity index (χ3v) is 13.5. The Hall–Kier alpha value is -2.61. The van der Waals surface area contributed by atoms with Crippen molar-refractivity contribution in [1.29, 1.82) is 0 Å². The van der Waals surface area contributed by atoms with E-state index in [1.165, 1.54) is 51.4 Å². The summed E-state index contributed by atoms with van der Waals surface area (Å²) in [5.41, 5.74) is 3.10. The number of carbonyl (C=O) groups is 1. The summed E-state index contributed by atoms with van der Waals surface area (Å²) in [6, 6.07) is 18.7. The van der Waals surface area contributed by atoms with Gasteiger partial charge >= 0.3 is 5.97 Å². The zero-order valence-corrected chi connectivity index (χ0v) is 27.9. The Morgan fingerprint density at radius 2 is 1.57 bits per heavy atom. The molecule has 0 saturated heterocycles. The fraction of sp³-hybridized carbons (Fsp3) is 0.595. The van der Waals surface area contributed by atoms with Crippen molar-refractivity contribution in [2.24, 2.45) is 46.3 Å². The number of rotatable bonds is 7. The third-order valence-electron chi connectivity index (χ3n) is 13.5. The van der Waals surface area contributed by atoms with Crippen molar-refractivity contribution in [3.05, 3.63) is 71.8 Å². The number of ether oxygens (including phenoxy) is 1. The van der Waals surface area contributed by atoms with Crippen LogP contribution >= 0.6 is 0 Å². The Morgan fingerprint density at radius 3 is 2.27 bits per heavy atom. The lowest BCUT2D eigenvalue weighted by molar-refractivity contribution is -0.0594. The quantitative estimate of drug-likeness (QED) is 0.155. The first-order valence-corrected chi connectivity index (χ1v) is 18.0. The topological polar surface area (TPSA) is 26.3 Å². The molecule has 0 radical (unpaired) electrons. The van der Waals surface area contributed by atoms with Crippen LogP contribution in [0.2, 0.25) is 0 Å². The molecule has 3 saturated carbocycles. The lowest BCUT2D eigenvalue weighted by Gasteiger charge is -2.58. The molecule has 0 aliphatic heterocycles. The highest BCUT2D eigenvalue weighted by Gasteiger charge is 2.59. The smallest absolute Gasteiger partial charge is 0.339 e. The molecule has 1 unspecified atom stereocenters. The fourth-order valence-electron chi connectivity index (χ4n) is 11.2. The van der Waals surface area contributed by atoms with E-state index >= 15 is 0 Å². The first kappa shape index (κ1) is 30.1. The number of allylic oxidation sites excluding steroid dienone is 1. The molecule has 2 heteroatoms.